The summed E-state index contributed by atoms with van der Waals surface area (Å²) in [6.07, 6.45) is 1.68. The van der Waals surface area contributed by atoms with Gasteiger partial charge < -0.3 is 4.90 Å². The van der Waals surface area contributed by atoms with Crippen molar-refractivity contribution < 1.29 is 4.79 Å². The van der Waals surface area contributed by atoms with Gasteiger partial charge in [-0.05, 0) is 34.1 Å². The molecule has 0 spiro atoms. The molecule has 80 valence electrons. The summed E-state index contributed by atoms with van der Waals surface area (Å²) in [4.78, 5) is 13.4. The van der Waals surface area contributed by atoms with Gasteiger partial charge in [-0.15, -0.1) is 6.58 Å². The predicted molar refractivity (Wildman–Crippen MR) is 66.3 cm³/mol. The van der Waals surface area contributed by atoms with Crippen LogP contribution in [0.3, 0.4) is 0 Å². The van der Waals surface area contributed by atoms with Crippen LogP contribution in [0.4, 0.5) is 0 Å². The molecule has 0 atom stereocenters. The number of benzene rings is 1. The second kappa shape index (κ2) is 5.33. The van der Waals surface area contributed by atoms with Crippen LogP contribution in [0.5, 0.6) is 0 Å². The zero-order valence-electron chi connectivity index (χ0n) is 8.34. The molecule has 0 aliphatic carbocycles. The number of hydrogen-bond donors (Lipinski definition) is 0. The van der Waals surface area contributed by atoms with Gasteiger partial charge in [0, 0.05) is 23.6 Å². The van der Waals surface area contributed by atoms with Gasteiger partial charge in [0.1, 0.15) is 0 Å². The smallest absolute Gasteiger partial charge is 0.253 e. The van der Waals surface area contributed by atoms with Crippen LogP contribution in [-0.4, -0.2) is 24.4 Å². The highest BCUT2D eigenvalue weighted by atomic mass is 79.9. The Kier molecular flexibility index (Phi) is 4.36. The first kappa shape index (κ1) is 12.3. The van der Waals surface area contributed by atoms with E-state index in [1.165, 1.54) is 0 Å². The van der Waals surface area contributed by atoms with Crippen molar-refractivity contribution in [2.24, 2.45) is 0 Å². The van der Waals surface area contributed by atoms with Crippen LogP contribution in [0.25, 0.3) is 0 Å². The van der Waals surface area contributed by atoms with Gasteiger partial charge in [0.25, 0.3) is 5.91 Å². The standard InChI is InChI=1S/C11H11BrClNO/c1-3-6-14(2)11(15)8-4-5-9(12)10(13)7-8/h3-5,7H,1,6H2,2H3. The number of carbonyl (C=O) groups excluding carboxylic acids is 1. The monoisotopic (exact) mass is 287 g/mol. The number of hydrogen-bond acceptors (Lipinski definition) is 1. The van der Waals surface area contributed by atoms with E-state index in [4.69, 9.17) is 11.6 Å². The molecule has 0 unspecified atom stereocenters. The maximum atomic E-state index is 11.8. The maximum absolute atomic E-state index is 11.8. The molecule has 0 aliphatic heterocycles. The Labute approximate surface area is 103 Å². The second-order valence-corrected chi connectivity index (χ2v) is 4.36. The minimum absolute atomic E-state index is 0.0655. The van der Waals surface area contributed by atoms with E-state index in [1.54, 1.807) is 36.2 Å². The molecule has 0 saturated carbocycles. The SMILES string of the molecule is C=CCN(C)C(=O)c1ccc(Br)c(Cl)c1. The number of amides is 1. The molecule has 1 rings (SSSR count). The molecule has 0 aromatic heterocycles. The third-order valence-electron chi connectivity index (χ3n) is 1.92. The van der Waals surface area contributed by atoms with Crippen LogP contribution in [0.15, 0.2) is 35.3 Å². The molecular formula is C11H11BrClNO. The van der Waals surface area contributed by atoms with Crippen LogP contribution in [0.1, 0.15) is 10.4 Å². The van der Waals surface area contributed by atoms with Crippen molar-refractivity contribution in [3.63, 3.8) is 0 Å². The van der Waals surface area contributed by atoms with Crippen molar-refractivity contribution in [3.8, 4) is 0 Å². The largest absolute Gasteiger partial charge is 0.338 e. The van der Waals surface area contributed by atoms with Crippen molar-refractivity contribution in [2.75, 3.05) is 13.6 Å². The first-order chi connectivity index (χ1) is 7.06. The molecule has 0 fully saturated rings. The number of nitrogens with zero attached hydrogens (tertiary/aromatic N) is 1. The fraction of sp³-hybridized carbons (Fsp3) is 0.182. The number of halogens is 2. The molecular weight excluding hydrogens is 277 g/mol. The molecule has 2 nitrogen and oxygen atoms in total. The summed E-state index contributed by atoms with van der Waals surface area (Å²) in [6, 6.07) is 5.14. The first-order valence-corrected chi connectivity index (χ1v) is 5.54. The van der Waals surface area contributed by atoms with E-state index in [9.17, 15) is 4.79 Å². The normalized spacial score (nSPS) is 9.80. The second-order valence-electron chi connectivity index (χ2n) is 3.10. The van der Waals surface area contributed by atoms with E-state index in [0.717, 1.165) is 4.47 Å². The van der Waals surface area contributed by atoms with Gasteiger partial charge in [-0.3, -0.25) is 4.79 Å². The third kappa shape index (κ3) is 3.08. The summed E-state index contributed by atoms with van der Waals surface area (Å²) in [6.45, 7) is 4.10. The van der Waals surface area contributed by atoms with Crippen LogP contribution >= 0.6 is 27.5 Å². The zero-order valence-corrected chi connectivity index (χ0v) is 10.7. The lowest BCUT2D eigenvalue weighted by Gasteiger charge is -2.14. The van der Waals surface area contributed by atoms with Crippen molar-refractivity contribution in [2.45, 2.75) is 0 Å². The lowest BCUT2D eigenvalue weighted by atomic mass is 10.2. The molecule has 15 heavy (non-hydrogen) atoms. The molecule has 0 saturated heterocycles. The highest BCUT2D eigenvalue weighted by molar-refractivity contribution is 9.10. The van der Waals surface area contributed by atoms with Gasteiger partial charge in [-0.2, -0.15) is 0 Å². The summed E-state index contributed by atoms with van der Waals surface area (Å²) >= 11 is 9.18. The Morgan fingerprint density at radius 3 is 2.87 bits per heavy atom. The minimum atomic E-state index is -0.0655. The average Bonchev–Trinajstić information content (AvgIpc) is 2.21. The predicted octanol–water partition coefficient (Wildman–Crippen LogP) is 3.36. The lowest BCUT2D eigenvalue weighted by molar-refractivity contribution is 0.0810. The molecule has 0 aliphatic rings. The third-order valence-corrected chi connectivity index (χ3v) is 3.15. The number of likely N-dealkylation sites (N-methyl/N-ethyl adjacent to an activating group) is 1. The Morgan fingerprint density at radius 1 is 1.67 bits per heavy atom. The van der Waals surface area contributed by atoms with Gasteiger partial charge in [0.05, 0.1) is 5.02 Å². The molecule has 0 bridgehead atoms. The summed E-state index contributed by atoms with van der Waals surface area (Å²) in [5, 5.41) is 0.535. The average molecular weight is 289 g/mol. The van der Waals surface area contributed by atoms with Crippen molar-refractivity contribution in [1.29, 1.82) is 0 Å². The van der Waals surface area contributed by atoms with E-state index in [2.05, 4.69) is 22.5 Å². The number of carbonyl (C=O) groups is 1. The van der Waals surface area contributed by atoms with Gasteiger partial charge in [0.15, 0.2) is 0 Å². The van der Waals surface area contributed by atoms with E-state index in [0.29, 0.717) is 17.1 Å². The maximum Gasteiger partial charge on any atom is 0.253 e. The Bertz CT molecular complexity index is 392. The van der Waals surface area contributed by atoms with E-state index in [1.807, 2.05) is 0 Å². The molecule has 4 heteroatoms. The fourth-order valence-corrected chi connectivity index (χ4v) is 1.55. The van der Waals surface area contributed by atoms with Crippen molar-refractivity contribution in [3.05, 3.63) is 45.9 Å². The summed E-state index contributed by atoms with van der Waals surface area (Å²) in [7, 11) is 1.72. The van der Waals surface area contributed by atoms with Crippen molar-refractivity contribution >= 4 is 33.4 Å². The van der Waals surface area contributed by atoms with E-state index >= 15 is 0 Å². The van der Waals surface area contributed by atoms with Gasteiger partial charge in [-0.1, -0.05) is 17.7 Å². The fourth-order valence-electron chi connectivity index (χ4n) is 1.13. The Balaban J connectivity index is 2.91. The lowest BCUT2D eigenvalue weighted by Crippen LogP contribution is -2.26. The molecule has 0 heterocycles. The Morgan fingerprint density at radius 2 is 2.33 bits per heavy atom. The molecule has 1 aromatic carbocycles. The molecule has 1 amide bonds. The zero-order chi connectivity index (χ0) is 11.4. The highest BCUT2D eigenvalue weighted by Gasteiger charge is 2.11. The van der Waals surface area contributed by atoms with Crippen LogP contribution in [-0.2, 0) is 0 Å². The van der Waals surface area contributed by atoms with Crippen LogP contribution in [0.2, 0.25) is 5.02 Å². The molecule has 0 radical (unpaired) electrons. The van der Waals surface area contributed by atoms with Gasteiger partial charge in [0.2, 0.25) is 0 Å². The number of rotatable bonds is 3. The topological polar surface area (TPSA) is 20.3 Å². The van der Waals surface area contributed by atoms with Crippen LogP contribution in [0, 0.1) is 0 Å². The van der Waals surface area contributed by atoms with Gasteiger partial charge >= 0.3 is 0 Å². The van der Waals surface area contributed by atoms with Crippen LogP contribution < -0.4 is 0 Å². The van der Waals surface area contributed by atoms with Crippen molar-refractivity contribution in [1.82, 2.24) is 4.90 Å². The van der Waals surface area contributed by atoms with E-state index in [-0.39, 0.29) is 5.91 Å². The molecule has 1 aromatic rings. The highest BCUT2D eigenvalue weighted by Crippen LogP contribution is 2.23. The summed E-state index contributed by atoms with van der Waals surface area (Å²) in [5.41, 5.74) is 0.576. The molecule has 0 N–H and O–H groups in total. The van der Waals surface area contributed by atoms with Gasteiger partial charge in [-0.25, -0.2) is 0 Å². The van der Waals surface area contributed by atoms with E-state index < -0.39 is 0 Å². The first-order valence-electron chi connectivity index (χ1n) is 4.37. The minimum Gasteiger partial charge on any atom is -0.338 e. The summed E-state index contributed by atoms with van der Waals surface area (Å²) < 4.78 is 0.784. The quantitative estimate of drug-likeness (QED) is 0.781. The Hall–Kier alpha value is -0.800. The summed E-state index contributed by atoms with van der Waals surface area (Å²) in [5.74, 6) is -0.0655.